The second-order valence-electron chi connectivity index (χ2n) is 7.86. The van der Waals surface area contributed by atoms with E-state index in [2.05, 4.69) is 74.8 Å². The van der Waals surface area contributed by atoms with Gasteiger partial charge >= 0.3 is 0 Å². The maximum absolute atomic E-state index is 6.28. The first-order valence-electron chi connectivity index (χ1n) is 11.7. The average Bonchev–Trinajstić information content (AvgIpc) is 2.86. The van der Waals surface area contributed by atoms with Gasteiger partial charge < -0.3 is 18.9 Å². The van der Waals surface area contributed by atoms with Crippen molar-refractivity contribution in [3.63, 3.8) is 0 Å². The van der Waals surface area contributed by atoms with E-state index in [4.69, 9.17) is 18.9 Å². The van der Waals surface area contributed by atoms with E-state index in [9.17, 15) is 0 Å². The molecule has 8 heteroatoms. The van der Waals surface area contributed by atoms with Gasteiger partial charge in [0.15, 0.2) is 23.0 Å². The van der Waals surface area contributed by atoms with Gasteiger partial charge in [-0.25, -0.2) is 0 Å². The largest absolute Gasteiger partial charge is 0.493 e. The van der Waals surface area contributed by atoms with Crippen LogP contribution in [0.25, 0.3) is 11.1 Å². The molecule has 0 heterocycles. The Balaban J connectivity index is 2.73. The van der Waals surface area contributed by atoms with E-state index >= 15 is 0 Å². The fourth-order valence-electron chi connectivity index (χ4n) is 3.65. The van der Waals surface area contributed by atoms with Gasteiger partial charge in [0, 0.05) is 11.1 Å². The minimum atomic E-state index is 0.551. The minimum absolute atomic E-state index is 0.551. The molecule has 0 amide bonds. The first-order valence-corrected chi connectivity index (χ1v) is 14.3. The van der Waals surface area contributed by atoms with E-state index < -0.39 is 0 Å². The normalized spacial score (nSPS) is 10.9. The highest BCUT2D eigenvalue weighted by atomic mass is 32.1. The summed E-state index contributed by atoms with van der Waals surface area (Å²) in [5.41, 5.74) is 4.23. The third-order valence-electron chi connectivity index (χ3n) is 5.30. The molecule has 0 bridgehead atoms. The monoisotopic (exact) mass is 542 g/mol. The smallest absolute Gasteiger partial charge is 0.169 e. The molecule has 0 fully saturated rings. The van der Waals surface area contributed by atoms with Crippen molar-refractivity contribution in [3.05, 3.63) is 35.4 Å². The van der Waals surface area contributed by atoms with Crippen LogP contribution in [0.1, 0.15) is 36.8 Å². The number of hydrogen-bond acceptors (Lipinski definition) is 8. The molecule has 2 aromatic carbocycles. The molecule has 0 aliphatic heterocycles. The molecule has 4 nitrogen and oxygen atoms in total. The Morgan fingerprint density at radius 3 is 1.26 bits per heavy atom. The summed E-state index contributed by atoms with van der Waals surface area (Å²) in [6, 6.07) is 8.49. The van der Waals surface area contributed by atoms with Crippen LogP contribution >= 0.6 is 50.5 Å². The standard InChI is InChI=1S/C26H38O4S4/c1-27-23-17-19(7-3-11-31)15-21(25(23)29-9-5-13-33)22-16-20(8-4-12-32)18-24(28-2)26(22)30-10-6-14-34/h15-18,31-34H,3-14H2,1-2H3. The van der Waals surface area contributed by atoms with E-state index in [1.54, 1.807) is 14.2 Å². The Kier molecular flexibility index (Phi) is 14.3. The first kappa shape index (κ1) is 29.3. The lowest BCUT2D eigenvalue weighted by atomic mass is 9.95. The molecule has 0 radical (unpaired) electrons. The zero-order valence-electron chi connectivity index (χ0n) is 20.2. The second-order valence-corrected chi connectivity index (χ2v) is 9.64. The highest BCUT2D eigenvalue weighted by Crippen LogP contribution is 2.47. The van der Waals surface area contributed by atoms with Crippen molar-refractivity contribution in [3.8, 4) is 34.1 Å². The maximum atomic E-state index is 6.28. The summed E-state index contributed by atoms with van der Waals surface area (Å²) in [5, 5.41) is 0. The van der Waals surface area contributed by atoms with Gasteiger partial charge in [-0.05, 0) is 96.9 Å². The Bertz CT molecular complexity index is 805. The van der Waals surface area contributed by atoms with Crippen LogP contribution in [0, 0.1) is 0 Å². The molecule has 190 valence electrons. The summed E-state index contributed by atoms with van der Waals surface area (Å²) in [6.45, 7) is 1.10. The van der Waals surface area contributed by atoms with Gasteiger partial charge in [0.25, 0.3) is 0 Å². The van der Waals surface area contributed by atoms with E-state index in [0.717, 1.165) is 72.7 Å². The van der Waals surface area contributed by atoms with E-state index in [-0.39, 0.29) is 0 Å². The fourth-order valence-corrected chi connectivity index (χ4v) is 4.23. The van der Waals surface area contributed by atoms with E-state index in [1.165, 1.54) is 11.1 Å². The molecular formula is C26H38O4S4. The molecule has 0 saturated carbocycles. The maximum Gasteiger partial charge on any atom is 0.169 e. The number of rotatable bonds is 17. The van der Waals surface area contributed by atoms with Crippen molar-refractivity contribution < 1.29 is 18.9 Å². The van der Waals surface area contributed by atoms with Crippen molar-refractivity contribution in [2.24, 2.45) is 0 Å². The van der Waals surface area contributed by atoms with Gasteiger partial charge in [-0.15, -0.1) is 0 Å². The van der Waals surface area contributed by atoms with Crippen molar-refractivity contribution in [2.75, 3.05) is 50.4 Å². The number of benzene rings is 2. The van der Waals surface area contributed by atoms with Crippen molar-refractivity contribution in [1.29, 1.82) is 0 Å². The molecule has 0 N–H and O–H groups in total. The van der Waals surface area contributed by atoms with Crippen LogP contribution in [-0.4, -0.2) is 50.4 Å². The molecule has 0 aromatic heterocycles. The molecular weight excluding hydrogens is 505 g/mol. The van der Waals surface area contributed by atoms with Gasteiger partial charge in [-0.3, -0.25) is 0 Å². The topological polar surface area (TPSA) is 36.9 Å². The molecule has 0 aliphatic rings. The fraction of sp³-hybridized carbons (Fsp3) is 0.538. The predicted molar refractivity (Wildman–Crippen MR) is 157 cm³/mol. The average molecular weight is 543 g/mol. The number of hydrogen-bond donors (Lipinski definition) is 4. The lowest BCUT2D eigenvalue weighted by Gasteiger charge is -2.21. The molecule has 2 aromatic rings. The Hall–Kier alpha value is -0.960. The highest BCUT2D eigenvalue weighted by molar-refractivity contribution is 7.80. The summed E-state index contributed by atoms with van der Waals surface area (Å²) in [4.78, 5) is 0. The first-order chi connectivity index (χ1) is 16.6. The Labute approximate surface area is 227 Å². The summed E-state index contributed by atoms with van der Waals surface area (Å²) in [5.74, 6) is 6.01. The SMILES string of the molecule is COc1cc(CCCS)cc(-c2cc(CCCS)cc(OC)c2OCCCS)c1OCCCS. The van der Waals surface area contributed by atoms with Crippen LogP contribution < -0.4 is 18.9 Å². The summed E-state index contributed by atoms with van der Waals surface area (Å²) in [6.07, 6.45) is 5.42. The molecule has 0 atom stereocenters. The van der Waals surface area contributed by atoms with Crippen LogP contribution in [0.4, 0.5) is 0 Å². The van der Waals surface area contributed by atoms with Gasteiger partial charge in [-0.1, -0.05) is 0 Å². The van der Waals surface area contributed by atoms with Crippen molar-refractivity contribution >= 4 is 50.5 Å². The molecule has 0 aliphatic carbocycles. The van der Waals surface area contributed by atoms with Crippen LogP contribution in [0.15, 0.2) is 24.3 Å². The minimum Gasteiger partial charge on any atom is -0.493 e. The zero-order valence-corrected chi connectivity index (χ0v) is 23.8. The van der Waals surface area contributed by atoms with Crippen LogP contribution in [0.2, 0.25) is 0 Å². The number of thiol groups is 4. The third kappa shape index (κ3) is 8.61. The Morgan fingerprint density at radius 1 is 0.559 bits per heavy atom. The van der Waals surface area contributed by atoms with Gasteiger partial charge in [0.05, 0.1) is 27.4 Å². The molecule has 0 spiro atoms. The van der Waals surface area contributed by atoms with Crippen molar-refractivity contribution in [1.82, 2.24) is 0 Å². The van der Waals surface area contributed by atoms with E-state index in [0.29, 0.717) is 36.2 Å². The summed E-state index contributed by atoms with van der Waals surface area (Å²) < 4.78 is 24.1. The van der Waals surface area contributed by atoms with Crippen LogP contribution in [-0.2, 0) is 12.8 Å². The van der Waals surface area contributed by atoms with Crippen LogP contribution in [0.5, 0.6) is 23.0 Å². The molecule has 34 heavy (non-hydrogen) atoms. The molecule has 2 rings (SSSR count). The Morgan fingerprint density at radius 2 is 0.941 bits per heavy atom. The molecule has 0 unspecified atom stereocenters. The quantitative estimate of drug-likeness (QED) is 0.136. The summed E-state index contributed by atoms with van der Waals surface area (Å²) in [7, 11) is 3.36. The molecule has 0 saturated heterocycles. The van der Waals surface area contributed by atoms with Crippen molar-refractivity contribution in [2.45, 2.75) is 38.5 Å². The lowest BCUT2D eigenvalue weighted by Crippen LogP contribution is -2.06. The van der Waals surface area contributed by atoms with Gasteiger partial charge in [0.2, 0.25) is 0 Å². The zero-order chi connectivity index (χ0) is 24.8. The number of aryl methyl sites for hydroxylation is 2. The third-order valence-corrected chi connectivity index (χ3v) is 6.57. The van der Waals surface area contributed by atoms with Crippen LogP contribution in [0.3, 0.4) is 0 Å². The van der Waals surface area contributed by atoms with Gasteiger partial charge in [-0.2, -0.15) is 50.5 Å². The summed E-state index contributed by atoms with van der Waals surface area (Å²) >= 11 is 17.5. The number of methoxy groups -OCH3 is 2. The highest BCUT2D eigenvalue weighted by Gasteiger charge is 2.22. The predicted octanol–water partition coefficient (Wildman–Crippen LogP) is 6.49. The second kappa shape index (κ2) is 16.7. The van der Waals surface area contributed by atoms with Gasteiger partial charge in [0.1, 0.15) is 0 Å². The lowest BCUT2D eigenvalue weighted by molar-refractivity contribution is 0.292. The van der Waals surface area contributed by atoms with E-state index in [1.807, 2.05) is 0 Å². The number of ether oxygens (including phenoxy) is 4.